The standard InChI is InChI=1S/C18H30N2/c1-4-16-7-9-17(10-8-16)13-19-14-18(15(2)3)20-11-5-6-12-20/h7-10,15,18-19H,4-6,11-14H2,1-3H3. The molecule has 0 radical (unpaired) electrons. The number of rotatable bonds is 7. The summed E-state index contributed by atoms with van der Waals surface area (Å²) >= 11 is 0. The van der Waals surface area contributed by atoms with Crippen molar-refractivity contribution in [1.82, 2.24) is 10.2 Å². The number of benzene rings is 1. The third kappa shape index (κ3) is 4.32. The predicted molar refractivity (Wildman–Crippen MR) is 87.0 cm³/mol. The van der Waals surface area contributed by atoms with Crippen LogP contribution in [0.15, 0.2) is 24.3 Å². The molecular formula is C18H30N2. The van der Waals surface area contributed by atoms with E-state index in [1.54, 1.807) is 0 Å². The molecule has 1 fully saturated rings. The van der Waals surface area contributed by atoms with Crippen LogP contribution < -0.4 is 5.32 Å². The van der Waals surface area contributed by atoms with Crippen LogP contribution >= 0.6 is 0 Å². The third-order valence-corrected chi connectivity index (χ3v) is 4.49. The zero-order valence-electron chi connectivity index (χ0n) is 13.4. The number of aryl methyl sites for hydroxylation is 1. The van der Waals surface area contributed by atoms with Gasteiger partial charge in [-0.05, 0) is 49.4 Å². The van der Waals surface area contributed by atoms with E-state index < -0.39 is 0 Å². The van der Waals surface area contributed by atoms with Crippen LogP contribution in [-0.2, 0) is 13.0 Å². The van der Waals surface area contributed by atoms with Crippen molar-refractivity contribution in [3.63, 3.8) is 0 Å². The van der Waals surface area contributed by atoms with E-state index >= 15 is 0 Å². The number of nitrogens with one attached hydrogen (secondary N) is 1. The normalized spacial score (nSPS) is 17.8. The lowest BCUT2D eigenvalue weighted by molar-refractivity contribution is 0.186. The van der Waals surface area contributed by atoms with Crippen molar-refractivity contribution in [3.8, 4) is 0 Å². The van der Waals surface area contributed by atoms with Gasteiger partial charge in [0.05, 0.1) is 0 Å². The highest BCUT2D eigenvalue weighted by Gasteiger charge is 2.23. The van der Waals surface area contributed by atoms with Crippen molar-refractivity contribution in [2.24, 2.45) is 5.92 Å². The third-order valence-electron chi connectivity index (χ3n) is 4.49. The van der Waals surface area contributed by atoms with Gasteiger partial charge in [0.1, 0.15) is 0 Å². The zero-order chi connectivity index (χ0) is 14.4. The van der Waals surface area contributed by atoms with Gasteiger partial charge in [0.25, 0.3) is 0 Å². The molecule has 0 bridgehead atoms. The van der Waals surface area contributed by atoms with E-state index in [2.05, 4.69) is 55.3 Å². The minimum absolute atomic E-state index is 0.687. The first-order chi connectivity index (χ1) is 9.70. The lowest BCUT2D eigenvalue weighted by Gasteiger charge is -2.31. The second-order valence-corrected chi connectivity index (χ2v) is 6.36. The Morgan fingerprint density at radius 2 is 1.65 bits per heavy atom. The maximum absolute atomic E-state index is 3.66. The molecule has 2 nitrogen and oxygen atoms in total. The SMILES string of the molecule is CCc1ccc(CNCC(C(C)C)N2CCCC2)cc1. The smallest absolute Gasteiger partial charge is 0.0243 e. The molecule has 1 saturated heterocycles. The minimum atomic E-state index is 0.687. The van der Waals surface area contributed by atoms with Crippen LogP contribution in [0.1, 0.15) is 44.7 Å². The molecule has 0 amide bonds. The lowest BCUT2D eigenvalue weighted by Crippen LogP contribution is -2.44. The summed E-state index contributed by atoms with van der Waals surface area (Å²) in [6.07, 6.45) is 3.88. The fourth-order valence-electron chi connectivity index (χ4n) is 3.12. The topological polar surface area (TPSA) is 15.3 Å². The van der Waals surface area contributed by atoms with Crippen LogP contribution in [0.5, 0.6) is 0 Å². The summed E-state index contributed by atoms with van der Waals surface area (Å²) in [6.45, 7) is 11.6. The number of nitrogens with zero attached hydrogens (tertiary/aromatic N) is 1. The van der Waals surface area contributed by atoms with Gasteiger partial charge in [0.15, 0.2) is 0 Å². The van der Waals surface area contributed by atoms with E-state index in [9.17, 15) is 0 Å². The molecule has 20 heavy (non-hydrogen) atoms. The summed E-state index contributed by atoms with van der Waals surface area (Å²) in [4.78, 5) is 2.66. The average molecular weight is 274 g/mol. The molecule has 2 rings (SSSR count). The van der Waals surface area contributed by atoms with Crippen LogP contribution in [0.4, 0.5) is 0 Å². The van der Waals surface area contributed by atoms with Gasteiger partial charge in [-0.15, -0.1) is 0 Å². The fourth-order valence-corrected chi connectivity index (χ4v) is 3.12. The van der Waals surface area contributed by atoms with Crippen molar-refractivity contribution < 1.29 is 0 Å². The Kier molecular flexibility index (Phi) is 6.06. The summed E-state index contributed by atoms with van der Waals surface area (Å²) in [6, 6.07) is 9.69. The Morgan fingerprint density at radius 3 is 2.20 bits per heavy atom. The Labute approximate surface area is 124 Å². The molecule has 2 heteroatoms. The van der Waals surface area contributed by atoms with Crippen molar-refractivity contribution in [1.29, 1.82) is 0 Å². The van der Waals surface area contributed by atoms with Crippen molar-refractivity contribution in [3.05, 3.63) is 35.4 Å². The number of likely N-dealkylation sites (tertiary alicyclic amines) is 1. The maximum Gasteiger partial charge on any atom is 0.0243 e. The molecule has 0 saturated carbocycles. The van der Waals surface area contributed by atoms with Crippen molar-refractivity contribution >= 4 is 0 Å². The van der Waals surface area contributed by atoms with E-state index in [4.69, 9.17) is 0 Å². The summed E-state index contributed by atoms with van der Waals surface area (Å²) in [5, 5.41) is 3.66. The fraction of sp³-hybridized carbons (Fsp3) is 0.667. The first-order valence-corrected chi connectivity index (χ1v) is 8.23. The monoisotopic (exact) mass is 274 g/mol. The van der Waals surface area contributed by atoms with Crippen molar-refractivity contribution in [2.45, 2.75) is 52.6 Å². The second kappa shape index (κ2) is 7.80. The van der Waals surface area contributed by atoms with E-state index in [1.165, 1.54) is 37.1 Å². The zero-order valence-corrected chi connectivity index (χ0v) is 13.4. The highest BCUT2D eigenvalue weighted by atomic mass is 15.2. The van der Waals surface area contributed by atoms with Crippen LogP contribution in [0.2, 0.25) is 0 Å². The molecular weight excluding hydrogens is 244 g/mol. The van der Waals surface area contributed by atoms with Gasteiger partial charge >= 0.3 is 0 Å². The van der Waals surface area contributed by atoms with Gasteiger partial charge in [-0.2, -0.15) is 0 Å². The van der Waals surface area contributed by atoms with Crippen LogP contribution in [0, 0.1) is 5.92 Å². The van der Waals surface area contributed by atoms with Gasteiger partial charge in [0.2, 0.25) is 0 Å². The molecule has 0 spiro atoms. The Hall–Kier alpha value is -0.860. The Morgan fingerprint density at radius 1 is 1.05 bits per heavy atom. The van der Waals surface area contributed by atoms with Gasteiger partial charge in [-0.1, -0.05) is 45.0 Å². The Balaban J connectivity index is 1.80. The van der Waals surface area contributed by atoms with E-state index in [0.717, 1.165) is 25.4 Å². The van der Waals surface area contributed by atoms with Gasteiger partial charge in [0, 0.05) is 19.1 Å². The maximum atomic E-state index is 3.66. The first-order valence-electron chi connectivity index (χ1n) is 8.23. The molecule has 1 aliphatic heterocycles. The molecule has 1 aliphatic rings. The molecule has 1 aromatic carbocycles. The molecule has 112 valence electrons. The van der Waals surface area contributed by atoms with Gasteiger partial charge in [-0.3, -0.25) is 4.90 Å². The van der Waals surface area contributed by atoms with E-state index in [-0.39, 0.29) is 0 Å². The van der Waals surface area contributed by atoms with Crippen molar-refractivity contribution in [2.75, 3.05) is 19.6 Å². The minimum Gasteiger partial charge on any atom is -0.311 e. The summed E-state index contributed by atoms with van der Waals surface area (Å²) in [7, 11) is 0. The van der Waals surface area contributed by atoms with Crippen LogP contribution in [0.3, 0.4) is 0 Å². The quantitative estimate of drug-likeness (QED) is 0.819. The first kappa shape index (κ1) is 15.5. The van der Waals surface area contributed by atoms with Gasteiger partial charge in [-0.25, -0.2) is 0 Å². The highest BCUT2D eigenvalue weighted by molar-refractivity contribution is 5.22. The molecule has 0 aromatic heterocycles. The summed E-state index contributed by atoms with van der Waals surface area (Å²) < 4.78 is 0. The second-order valence-electron chi connectivity index (χ2n) is 6.36. The largest absolute Gasteiger partial charge is 0.311 e. The molecule has 1 atom stereocenters. The Bertz CT molecular complexity index is 377. The van der Waals surface area contributed by atoms with Crippen LogP contribution in [0.25, 0.3) is 0 Å². The van der Waals surface area contributed by atoms with E-state index in [1.807, 2.05) is 0 Å². The average Bonchev–Trinajstić information content (AvgIpc) is 2.97. The van der Waals surface area contributed by atoms with Gasteiger partial charge < -0.3 is 5.32 Å². The summed E-state index contributed by atoms with van der Waals surface area (Å²) in [5.41, 5.74) is 2.82. The van der Waals surface area contributed by atoms with E-state index in [0.29, 0.717) is 6.04 Å². The number of hydrogen-bond donors (Lipinski definition) is 1. The lowest BCUT2D eigenvalue weighted by atomic mass is 10.0. The predicted octanol–water partition coefficient (Wildman–Crippen LogP) is 3.46. The highest BCUT2D eigenvalue weighted by Crippen LogP contribution is 2.17. The molecule has 0 aliphatic carbocycles. The number of hydrogen-bond acceptors (Lipinski definition) is 2. The molecule has 1 unspecified atom stereocenters. The molecule has 1 N–H and O–H groups in total. The summed E-state index contributed by atoms with van der Waals surface area (Å²) in [5.74, 6) is 0.725. The van der Waals surface area contributed by atoms with Crippen LogP contribution in [-0.4, -0.2) is 30.6 Å². The molecule has 1 aromatic rings. The molecule has 1 heterocycles.